The van der Waals surface area contributed by atoms with Crippen LogP contribution in [0.1, 0.15) is 19.8 Å². The van der Waals surface area contributed by atoms with Crippen LogP contribution >= 0.6 is 23.1 Å². The van der Waals surface area contributed by atoms with Gasteiger partial charge in [0.25, 0.3) is 0 Å². The molecule has 1 aliphatic rings. The van der Waals surface area contributed by atoms with E-state index in [4.69, 9.17) is 5.11 Å². The molecule has 0 bridgehead atoms. The van der Waals surface area contributed by atoms with Gasteiger partial charge >= 0.3 is 5.97 Å². The second-order valence-electron chi connectivity index (χ2n) is 4.90. The van der Waals surface area contributed by atoms with Crippen LogP contribution in [0.4, 0.5) is 5.13 Å². The molecule has 6 nitrogen and oxygen atoms in total. The Morgan fingerprint density at radius 2 is 2.30 bits per heavy atom. The number of aromatic nitrogens is 2. The van der Waals surface area contributed by atoms with E-state index in [2.05, 4.69) is 34.0 Å². The Labute approximate surface area is 127 Å². The van der Waals surface area contributed by atoms with E-state index in [9.17, 15) is 4.79 Å². The lowest BCUT2D eigenvalue weighted by Gasteiger charge is -2.29. The minimum absolute atomic E-state index is 0.0363. The molecule has 112 valence electrons. The fraction of sp³-hybridized carbons (Fsp3) is 0.750. The van der Waals surface area contributed by atoms with Gasteiger partial charge in [0, 0.05) is 19.1 Å². The van der Waals surface area contributed by atoms with Crippen molar-refractivity contribution in [3.8, 4) is 0 Å². The van der Waals surface area contributed by atoms with Crippen LogP contribution in [0.15, 0.2) is 4.34 Å². The lowest BCUT2D eigenvalue weighted by molar-refractivity contribution is -0.133. The minimum atomic E-state index is -0.824. The number of carbonyl (C=O) groups is 1. The van der Waals surface area contributed by atoms with Crippen LogP contribution < -0.4 is 4.90 Å². The van der Waals surface area contributed by atoms with Crippen molar-refractivity contribution in [2.45, 2.75) is 30.1 Å². The summed E-state index contributed by atoms with van der Waals surface area (Å²) < 4.78 is 0.731. The lowest BCUT2D eigenvalue weighted by Crippen LogP contribution is -2.39. The first-order valence-electron chi connectivity index (χ1n) is 6.73. The van der Waals surface area contributed by atoms with E-state index < -0.39 is 5.97 Å². The molecule has 2 heterocycles. The number of rotatable bonds is 5. The van der Waals surface area contributed by atoms with Crippen molar-refractivity contribution in [3.63, 3.8) is 0 Å². The zero-order chi connectivity index (χ0) is 14.5. The van der Waals surface area contributed by atoms with Gasteiger partial charge < -0.3 is 14.9 Å². The summed E-state index contributed by atoms with van der Waals surface area (Å²) in [6, 6.07) is 0.452. The summed E-state index contributed by atoms with van der Waals surface area (Å²) in [6.07, 6.45) is 2.19. The number of aliphatic carboxylic acids is 1. The van der Waals surface area contributed by atoms with E-state index >= 15 is 0 Å². The summed E-state index contributed by atoms with van der Waals surface area (Å²) in [7, 11) is 2.15. The predicted molar refractivity (Wildman–Crippen MR) is 81.8 cm³/mol. The van der Waals surface area contributed by atoms with E-state index in [0.29, 0.717) is 6.04 Å². The molecular formula is C12H20N4O2S2. The highest BCUT2D eigenvalue weighted by molar-refractivity contribution is 8.01. The smallest absolute Gasteiger partial charge is 0.313 e. The normalized spacial score (nSPS) is 20.9. The zero-order valence-electron chi connectivity index (χ0n) is 11.8. The van der Waals surface area contributed by atoms with Gasteiger partial charge in [-0.2, -0.15) is 0 Å². The Morgan fingerprint density at radius 3 is 3.00 bits per heavy atom. The van der Waals surface area contributed by atoms with Crippen molar-refractivity contribution in [3.05, 3.63) is 0 Å². The molecule has 1 aliphatic heterocycles. The van der Waals surface area contributed by atoms with Gasteiger partial charge in [0.05, 0.1) is 5.75 Å². The number of hydrogen-bond donors (Lipinski definition) is 1. The maximum atomic E-state index is 10.6. The third-order valence-electron chi connectivity index (χ3n) is 3.33. The minimum Gasteiger partial charge on any atom is -0.481 e. The molecule has 1 aromatic heterocycles. The number of anilines is 1. The molecule has 0 saturated carbocycles. The zero-order valence-corrected chi connectivity index (χ0v) is 13.4. The number of carboxylic acid groups (broad SMARTS) is 1. The summed E-state index contributed by atoms with van der Waals surface area (Å²) in [5.74, 6) is -0.788. The predicted octanol–water partition coefficient (Wildman–Crippen LogP) is 1.64. The van der Waals surface area contributed by atoms with Crippen LogP contribution in [-0.2, 0) is 4.79 Å². The molecule has 0 spiro atoms. The van der Waals surface area contributed by atoms with Crippen molar-refractivity contribution >= 4 is 34.2 Å². The first kappa shape index (κ1) is 15.5. The number of thioether (sulfide) groups is 1. The van der Waals surface area contributed by atoms with E-state index in [1.165, 1.54) is 23.1 Å². The molecule has 0 amide bonds. The fourth-order valence-electron chi connectivity index (χ4n) is 2.34. The van der Waals surface area contributed by atoms with Gasteiger partial charge in [0.15, 0.2) is 4.34 Å². The third kappa shape index (κ3) is 4.07. The van der Waals surface area contributed by atoms with Gasteiger partial charge in [-0.3, -0.25) is 4.79 Å². The van der Waals surface area contributed by atoms with Gasteiger partial charge in [-0.05, 0) is 26.4 Å². The average molecular weight is 316 g/mol. The molecule has 2 rings (SSSR count). The molecule has 1 fully saturated rings. The Hall–Kier alpha value is -0.860. The number of likely N-dealkylation sites (N-methyl/N-ethyl adjacent to an activating group) is 1. The van der Waals surface area contributed by atoms with E-state index in [1.807, 2.05) is 0 Å². The Bertz CT molecular complexity index is 454. The highest BCUT2D eigenvalue weighted by atomic mass is 32.2. The molecule has 1 atom stereocenters. The summed E-state index contributed by atoms with van der Waals surface area (Å²) in [6.45, 7) is 5.32. The Morgan fingerprint density at radius 1 is 1.50 bits per heavy atom. The molecular weight excluding hydrogens is 296 g/mol. The molecule has 8 heteroatoms. The van der Waals surface area contributed by atoms with Gasteiger partial charge in [-0.25, -0.2) is 0 Å². The molecule has 1 saturated heterocycles. The number of carboxylic acids is 1. The second-order valence-corrected chi connectivity index (χ2v) is 7.08. The maximum absolute atomic E-state index is 10.6. The molecule has 0 aromatic carbocycles. The molecule has 0 radical (unpaired) electrons. The highest BCUT2D eigenvalue weighted by Crippen LogP contribution is 2.30. The van der Waals surface area contributed by atoms with Gasteiger partial charge in [-0.1, -0.05) is 30.0 Å². The average Bonchev–Trinajstić information content (AvgIpc) is 2.79. The first-order chi connectivity index (χ1) is 9.60. The SMILES string of the molecule is CCC1CN(C)CCCN1c1nnc(SCC(=O)O)s1. The van der Waals surface area contributed by atoms with Crippen molar-refractivity contribution in [1.29, 1.82) is 0 Å². The van der Waals surface area contributed by atoms with E-state index in [1.54, 1.807) is 0 Å². The molecule has 0 aliphatic carbocycles. The summed E-state index contributed by atoms with van der Waals surface area (Å²) in [5.41, 5.74) is 0. The third-order valence-corrected chi connectivity index (χ3v) is 5.41. The lowest BCUT2D eigenvalue weighted by atomic mass is 10.2. The second kappa shape index (κ2) is 7.24. The molecule has 1 unspecified atom stereocenters. The van der Waals surface area contributed by atoms with Gasteiger partial charge in [-0.15, -0.1) is 10.2 Å². The van der Waals surface area contributed by atoms with Gasteiger partial charge in [0.1, 0.15) is 0 Å². The molecule has 1 aromatic rings. The van der Waals surface area contributed by atoms with Crippen molar-refractivity contribution in [2.24, 2.45) is 0 Å². The largest absolute Gasteiger partial charge is 0.481 e. The maximum Gasteiger partial charge on any atom is 0.313 e. The highest BCUT2D eigenvalue weighted by Gasteiger charge is 2.25. The van der Waals surface area contributed by atoms with Crippen LogP contribution in [0.25, 0.3) is 0 Å². The van der Waals surface area contributed by atoms with Crippen LogP contribution in [0, 0.1) is 0 Å². The van der Waals surface area contributed by atoms with Crippen LogP contribution in [0.3, 0.4) is 0 Å². The Balaban J connectivity index is 2.06. The Kier molecular flexibility index (Phi) is 5.62. The molecule has 20 heavy (non-hydrogen) atoms. The number of nitrogens with zero attached hydrogens (tertiary/aromatic N) is 4. The van der Waals surface area contributed by atoms with Crippen molar-refractivity contribution in [2.75, 3.05) is 37.3 Å². The topological polar surface area (TPSA) is 69.6 Å². The summed E-state index contributed by atoms with van der Waals surface area (Å²) >= 11 is 2.73. The number of hydrogen-bond acceptors (Lipinski definition) is 7. The summed E-state index contributed by atoms with van der Waals surface area (Å²) in [4.78, 5) is 15.3. The standard InChI is InChI=1S/C12H20N4O2S2/c1-3-9-7-15(2)5-4-6-16(9)11-13-14-12(20-11)19-8-10(17)18/h9H,3-8H2,1-2H3,(H,17,18). The summed E-state index contributed by atoms with van der Waals surface area (Å²) in [5, 5.41) is 18.0. The quantitative estimate of drug-likeness (QED) is 0.828. The fourth-order valence-corrected chi connectivity index (χ4v) is 4.00. The van der Waals surface area contributed by atoms with Crippen LogP contribution in [0.2, 0.25) is 0 Å². The van der Waals surface area contributed by atoms with Gasteiger partial charge in [0.2, 0.25) is 5.13 Å². The van der Waals surface area contributed by atoms with Crippen LogP contribution in [-0.4, -0.2) is 64.6 Å². The van der Waals surface area contributed by atoms with E-state index in [0.717, 1.165) is 41.9 Å². The first-order valence-corrected chi connectivity index (χ1v) is 8.53. The van der Waals surface area contributed by atoms with Crippen LogP contribution in [0.5, 0.6) is 0 Å². The monoisotopic (exact) mass is 316 g/mol. The van der Waals surface area contributed by atoms with Crippen molar-refractivity contribution in [1.82, 2.24) is 15.1 Å². The molecule has 1 N–H and O–H groups in total. The van der Waals surface area contributed by atoms with Crippen molar-refractivity contribution < 1.29 is 9.90 Å². The van der Waals surface area contributed by atoms with E-state index in [-0.39, 0.29) is 5.75 Å².